The summed E-state index contributed by atoms with van der Waals surface area (Å²) in [6.07, 6.45) is 1.75. The van der Waals surface area contributed by atoms with Gasteiger partial charge in [0, 0.05) is 16.6 Å². The van der Waals surface area contributed by atoms with Gasteiger partial charge in [-0.05, 0) is 30.5 Å². The zero-order chi connectivity index (χ0) is 14.0. The molecule has 100 valence electrons. The fourth-order valence-corrected chi connectivity index (χ4v) is 2.33. The van der Waals surface area contributed by atoms with Gasteiger partial charge < -0.3 is 0 Å². The number of nitrogens with one attached hydrogen (secondary N) is 1. The number of carbonyl (C=O) groups excluding carboxylic acids is 1. The molecule has 1 N–H and O–H groups in total. The highest BCUT2D eigenvalue weighted by Crippen LogP contribution is 2.25. The van der Waals surface area contributed by atoms with Crippen molar-refractivity contribution in [2.45, 2.75) is 26.7 Å². The lowest BCUT2D eigenvalue weighted by molar-refractivity contribution is 0.102. The van der Waals surface area contributed by atoms with Gasteiger partial charge in [0.05, 0.1) is 0 Å². The van der Waals surface area contributed by atoms with Crippen molar-refractivity contribution in [3.05, 3.63) is 46.2 Å². The number of amides is 1. The Kier molecular flexibility index (Phi) is 3.95. The van der Waals surface area contributed by atoms with Crippen molar-refractivity contribution in [2.75, 3.05) is 5.32 Å². The highest BCUT2D eigenvalue weighted by molar-refractivity contribution is 7.15. The number of halogens is 1. The van der Waals surface area contributed by atoms with Gasteiger partial charge in [-0.2, -0.15) is 0 Å². The molecule has 3 nitrogen and oxygen atoms in total. The lowest BCUT2D eigenvalue weighted by atomic mass is 10.1. The summed E-state index contributed by atoms with van der Waals surface area (Å²) in [7, 11) is 0. The molecule has 0 radical (unpaired) electrons. The number of thiazole rings is 1. The van der Waals surface area contributed by atoms with E-state index in [1.165, 1.54) is 17.4 Å². The van der Waals surface area contributed by atoms with Crippen LogP contribution in [-0.2, 0) is 0 Å². The van der Waals surface area contributed by atoms with Gasteiger partial charge in [-0.3, -0.25) is 10.1 Å². The van der Waals surface area contributed by atoms with E-state index in [2.05, 4.69) is 24.1 Å². The van der Waals surface area contributed by atoms with E-state index < -0.39 is 0 Å². The molecule has 1 heterocycles. The van der Waals surface area contributed by atoms with Crippen LogP contribution in [0.15, 0.2) is 24.4 Å². The minimum absolute atomic E-state index is 0.296. The van der Waals surface area contributed by atoms with Crippen LogP contribution in [0.5, 0.6) is 0 Å². The Morgan fingerprint density at radius 3 is 2.74 bits per heavy atom. The number of aryl methyl sites for hydroxylation is 1. The fraction of sp³-hybridized carbons (Fsp3) is 0.286. The second-order valence-corrected chi connectivity index (χ2v) is 5.70. The van der Waals surface area contributed by atoms with Crippen LogP contribution in [0.4, 0.5) is 9.52 Å². The van der Waals surface area contributed by atoms with Crippen LogP contribution < -0.4 is 5.32 Å². The van der Waals surface area contributed by atoms with Crippen LogP contribution in [0, 0.1) is 12.7 Å². The third-order valence-corrected chi connectivity index (χ3v) is 3.96. The van der Waals surface area contributed by atoms with Crippen LogP contribution in [0.3, 0.4) is 0 Å². The standard InChI is InChI=1S/C14H15FN2OS/c1-8(2)12-7-16-14(19-12)17-13(18)10-5-4-9(3)11(15)6-10/h4-8H,1-3H3,(H,16,17,18). The van der Waals surface area contributed by atoms with Gasteiger partial charge in [-0.15, -0.1) is 11.3 Å². The number of aromatic nitrogens is 1. The molecule has 1 aromatic carbocycles. The Hall–Kier alpha value is -1.75. The van der Waals surface area contributed by atoms with Gasteiger partial charge in [0.2, 0.25) is 0 Å². The first-order valence-corrected chi connectivity index (χ1v) is 6.82. The highest BCUT2D eigenvalue weighted by Gasteiger charge is 2.11. The zero-order valence-electron chi connectivity index (χ0n) is 11.0. The normalized spacial score (nSPS) is 10.8. The largest absolute Gasteiger partial charge is 0.298 e. The molecule has 0 atom stereocenters. The smallest absolute Gasteiger partial charge is 0.257 e. The molecule has 1 aromatic heterocycles. The minimum Gasteiger partial charge on any atom is -0.298 e. The Labute approximate surface area is 115 Å². The second kappa shape index (κ2) is 5.48. The Balaban J connectivity index is 2.13. The predicted molar refractivity (Wildman–Crippen MR) is 75.3 cm³/mol. The zero-order valence-corrected chi connectivity index (χ0v) is 11.8. The first-order chi connectivity index (χ1) is 8.97. The van der Waals surface area contributed by atoms with E-state index in [0.29, 0.717) is 22.2 Å². The van der Waals surface area contributed by atoms with Gasteiger partial charge in [0.25, 0.3) is 5.91 Å². The second-order valence-electron chi connectivity index (χ2n) is 4.64. The van der Waals surface area contributed by atoms with Crippen LogP contribution >= 0.6 is 11.3 Å². The minimum atomic E-state index is -0.380. The molecule has 5 heteroatoms. The van der Waals surface area contributed by atoms with Crippen LogP contribution in [0.2, 0.25) is 0 Å². The molecule has 0 fully saturated rings. The van der Waals surface area contributed by atoms with E-state index in [0.717, 1.165) is 4.88 Å². The molecular weight excluding hydrogens is 263 g/mol. The summed E-state index contributed by atoms with van der Waals surface area (Å²) in [5.74, 6) is -0.349. The molecule has 0 spiro atoms. The van der Waals surface area contributed by atoms with Crippen molar-refractivity contribution in [3.8, 4) is 0 Å². The van der Waals surface area contributed by atoms with E-state index in [9.17, 15) is 9.18 Å². The number of anilines is 1. The lowest BCUT2D eigenvalue weighted by Gasteiger charge is -2.03. The number of hydrogen-bond acceptors (Lipinski definition) is 3. The Morgan fingerprint density at radius 1 is 1.42 bits per heavy atom. The van der Waals surface area contributed by atoms with E-state index in [-0.39, 0.29) is 11.7 Å². The number of hydrogen-bond donors (Lipinski definition) is 1. The Morgan fingerprint density at radius 2 is 2.16 bits per heavy atom. The van der Waals surface area contributed by atoms with Crippen molar-refractivity contribution < 1.29 is 9.18 Å². The van der Waals surface area contributed by atoms with Crippen molar-refractivity contribution in [1.82, 2.24) is 4.98 Å². The molecule has 2 rings (SSSR count). The van der Waals surface area contributed by atoms with Gasteiger partial charge in [-0.1, -0.05) is 19.9 Å². The van der Waals surface area contributed by atoms with Gasteiger partial charge in [0.15, 0.2) is 5.13 Å². The van der Waals surface area contributed by atoms with E-state index in [1.54, 1.807) is 25.3 Å². The van der Waals surface area contributed by atoms with Gasteiger partial charge >= 0.3 is 0 Å². The first kappa shape index (κ1) is 13.7. The van der Waals surface area contributed by atoms with Crippen molar-refractivity contribution in [1.29, 1.82) is 0 Å². The topological polar surface area (TPSA) is 42.0 Å². The molecule has 0 saturated carbocycles. The molecule has 0 aliphatic heterocycles. The summed E-state index contributed by atoms with van der Waals surface area (Å²) in [4.78, 5) is 17.2. The monoisotopic (exact) mass is 278 g/mol. The third-order valence-electron chi connectivity index (χ3n) is 2.75. The Bertz CT molecular complexity index is 607. The number of benzene rings is 1. The molecule has 0 aliphatic carbocycles. The SMILES string of the molecule is Cc1ccc(C(=O)Nc2ncc(C(C)C)s2)cc1F. The van der Waals surface area contributed by atoms with Crippen molar-refractivity contribution in [2.24, 2.45) is 0 Å². The van der Waals surface area contributed by atoms with E-state index in [1.807, 2.05) is 0 Å². The van der Waals surface area contributed by atoms with Gasteiger partial charge in [0.1, 0.15) is 5.82 Å². The predicted octanol–water partition coefficient (Wildman–Crippen LogP) is 3.97. The molecule has 19 heavy (non-hydrogen) atoms. The van der Waals surface area contributed by atoms with Gasteiger partial charge in [-0.25, -0.2) is 9.37 Å². The molecule has 1 amide bonds. The number of rotatable bonds is 3. The average molecular weight is 278 g/mol. The van der Waals surface area contributed by atoms with E-state index >= 15 is 0 Å². The maximum absolute atomic E-state index is 13.4. The quantitative estimate of drug-likeness (QED) is 0.923. The van der Waals surface area contributed by atoms with Crippen LogP contribution in [0.1, 0.15) is 40.6 Å². The van der Waals surface area contributed by atoms with Crippen LogP contribution in [0.25, 0.3) is 0 Å². The number of nitrogens with zero attached hydrogens (tertiary/aromatic N) is 1. The molecule has 0 bridgehead atoms. The van der Waals surface area contributed by atoms with Crippen molar-refractivity contribution in [3.63, 3.8) is 0 Å². The molecule has 2 aromatic rings. The summed E-state index contributed by atoms with van der Waals surface area (Å²) in [6.45, 7) is 5.79. The summed E-state index contributed by atoms with van der Waals surface area (Å²) in [5, 5.41) is 3.22. The summed E-state index contributed by atoms with van der Waals surface area (Å²) < 4.78 is 13.4. The summed E-state index contributed by atoms with van der Waals surface area (Å²) >= 11 is 1.43. The molecule has 0 unspecified atom stereocenters. The van der Waals surface area contributed by atoms with Crippen LogP contribution in [-0.4, -0.2) is 10.9 Å². The summed E-state index contributed by atoms with van der Waals surface area (Å²) in [6, 6.07) is 4.43. The van der Waals surface area contributed by atoms with Crippen molar-refractivity contribution >= 4 is 22.4 Å². The molecule has 0 aliphatic rings. The molecule has 0 saturated heterocycles. The number of carbonyl (C=O) groups is 1. The average Bonchev–Trinajstić information content (AvgIpc) is 2.81. The first-order valence-electron chi connectivity index (χ1n) is 6.00. The maximum Gasteiger partial charge on any atom is 0.257 e. The highest BCUT2D eigenvalue weighted by atomic mass is 32.1. The summed E-state index contributed by atoms with van der Waals surface area (Å²) in [5.41, 5.74) is 0.817. The lowest BCUT2D eigenvalue weighted by Crippen LogP contribution is -2.12. The maximum atomic E-state index is 13.4. The third kappa shape index (κ3) is 3.17. The fourth-order valence-electron chi connectivity index (χ4n) is 1.51. The van der Waals surface area contributed by atoms with E-state index in [4.69, 9.17) is 0 Å². The molecular formula is C14H15FN2OS.